The SMILES string of the molecule is C=C(C)C(N)=O.CC.CCCN(C)C. The van der Waals surface area contributed by atoms with Gasteiger partial charge in [0.2, 0.25) is 5.91 Å². The molecule has 0 aliphatic rings. The van der Waals surface area contributed by atoms with E-state index in [1.54, 1.807) is 6.92 Å². The highest BCUT2D eigenvalue weighted by Gasteiger charge is 1.86. The number of carbonyl (C=O) groups excluding carboxylic acids is 1. The average molecular weight is 202 g/mol. The van der Waals surface area contributed by atoms with Gasteiger partial charge >= 0.3 is 0 Å². The summed E-state index contributed by atoms with van der Waals surface area (Å²) in [7, 11) is 4.17. The van der Waals surface area contributed by atoms with E-state index >= 15 is 0 Å². The van der Waals surface area contributed by atoms with Gasteiger partial charge in [0.15, 0.2) is 0 Å². The number of carbonyl (C=O) groups is 1. The second kappa shape index (κ2) is 14.7. The molecule has 0 saturated carbocycles. The Morgan fingerprint density at radius 1 is 1.36 bits per heavy atom. The third-order valence-corrected chi connectivity index (χ3v) is 1.09. The first-order chi connectivity index (χ1) is 6.41. The van der Waals surface area contributed by atoms with E-state index in [-0.39, 0.29) is 0 Å². The minimum atomic E-state index is -0.435. The van der Waals surface area contributed by atoms with Crippen LogP contribution in [0.25, 0.3) is 0 Å². The molecular formula is C11H26N2O. The predicted octanol–water partition coefficient (Wildman–Crippen LogP) is 2.03. The Bertz CT molecular complexity index is 130. The first-order valence-electron chi connectivity index (χ1n) is 5.01. The Kier molecular flexibility index (Phi) is 19.8. The molecule has 0 fully saturated rings. The van der Waals surface area contributed by atoms with Crippen LogP contribution in [-0.2, 0) is 4.79 Å². The van der Waals surface area contributed by atoms with Crippen molar-refractivity contribution >= 4 is 5.91 Å². The van der Waals surface area contributed by atoms with Crippen molar-refractivity contribution in [3.05, 3.63) is 12.2 Å². The highest BCUT2D eigenvalue weighted by molar-refractivity contribution is 5.90. The molecule has 1 amide bonds. The Morgan fingerprint density at radius 2 is 1.64 bits per heavy atom. The summed E-state index contributed by atoms with van der Waals surface area (Å²) in [5.41, 5.74) is 5.09. The minimum Gasteiger partial charge on any atom is -0.366 e. The molecule has 0 spiro atoms. The summed E-state index contributed by atoms with van der Waals surface area (Å²) in [5, 5.41) is 0. The standard InChI is InChI=1S/C5H13N.C4H7NO.C2H6/c1-4-5-6(2)3;1-3(2)4(5)6;1-2/h4-5H2,1-3H3;1H2,2H3,(H2,5,6);1-2H3. The van der Waals surface area contributed by atoms with Gasteiger partial charge in [0.25, 0.3) is 0 Å². The lowest BCUT2D eigenvalue weighted by atomic mass is 10.3. The van der Waals surface area contributed by atoms with Gasteiger partial charge in [-0.05, 0) is 34.0 Å². The van der Waals surface area contributed by atoms with Gasteiger partial charge in [-0.1, -0.05) is 27.4 Å². The summed E-state index contributed by atoms with van der Waals surface area (Å²) in [6.07, 6.45) is 1.26. The van der Waals surface area contributed by atoms with Crippen LogP contribution in [0.1, 0.15) is 34.1 Å². The van der Waals surface area contributed by atoms with Crippen molar-refractivity contribution in [2.75, 3.05) is 20.6 Å². The molecule has 0 aromatic rings. The van der Waals surface area contributed by atoms with E-state index in [0.717, 1.165) is 0 Å². The van der Waals surface area contributed by atoms with Crippen molar-refractivity contribution in [2.24, 2.45) is 5.73 Å². The van der Waals surface area contributed by atoms with Crippen LogP contribution >= 0.6 is 0 Å². The summed E-state index contributed by atoms with van der Waals surface area (Å²) >= 11 is 0. The normalized spacial score (nSPS) is 7.93. The largest absolute Gasteiger partial charge is 0.366 e. The van der Waals surface area contributed by atoms with Crippen LogP contribution in [0.5, 0.6) is 0 Å². The van der Waals surface area contributed by atoms with E-state index in [1.807, 2.05) is 13.8 Å². The van der Waals surface area contributed by atoms with E-state index in [2.05, 4.69) is 32.5 Å². The fourth-order valence-corrected chi connectivity index (χ4v) is 0.447. The van der Waals surface area contributed by atoms with E-state index in [0.29, 0.717) is 5.57 Å². The van der Waals surface area contributed by atoms with Crippen molar-refractivity contribution in [1.82, 2.24) is 4.90 Å². The van der Waals surface area contributed by atoms with Gasteiger partial charge in [0, 0.05) is 5.57 Å². The van der Waals surface area contributed by atoms with Gasteiger partial charge in [-0.15, -0.1) is 0 Å². The third-order valence-electron chi connectivity index (χ3n) is 1.09. The van der Waals surface area contributed by atoms with Gasteiger partial charge in [0.1, 0.15) is 0 Å². The van der Waals surface area contributed by atoms with Gasteiger partial charge in [-0.2, -0.15) is 0 Å². The number of nitrogens with two attached hydrogens (primary N) is 1. The molecule has 0 aromatic heterocycles. The van der Waals surface area contributed by atoms with Crippen LogP contribution in [0.2, 0.25) is 0 Å². The monoisotopic (exact) mass is 202 g/mol. The van der Waals surface area contributed by atoms with Crippen LogP contribution in [0.3, 0.4) is 0 Å². The number of hydrogen-bond acceptors (Lipinski definition) is 2. The number of amides is 1. The van der Waals surface area contributed by atoms with Gasteiger partial charge < -0.3 is 10.6 Å². The van der Waals surface area contributed by atoms with Crippen LogP contribution < -0.4 is 5.73 Å². The Morgan fingerprint density at radius 3 is 1.64 bits per heavy atom. The summed E-state index contributed by atoms with van der Waals surface area (Å²) in [5.74, 6) is -0.435. The summed E-state index contributed by atoms with van der Waals surface area (Å²) < 4.78 is 0. The molecule has 3 nitrogen and oxygen atoms in total. The van der Waals surface area contributed by atoms with Gasteiger partial charge in [-0.25, -0.2) is 0 Å². The summed E-state index contributed by atoms with van der Waals surface area (Å²) in [6, 6.07) is 0. The zero-order valence-electron chi connectivity index (χ0n) is 10.6. The predicted molar refractivity (Wildman–Crippen MR) is 64.2 cm³/mol. The number of nitrogens with zero attached hydrogens (tertiary/aromatic N) is 1. The van der Waals surface area contributed by atoms with Crippen molar-refractivity contribution in [3.8, 4) is 0 Å². The molecule has 0 heterocycles. The molecule has 86 valence electrons. The number of hydrogen-bond donors (Lipinski definition) is 1. The van der Waals surface area contributed by atoms with Crippen molar-refractivity contribution in [3.63, 3.8) is 0 Å². The summed E-state index contributed by atoms with van der Waals surface area (Å²) in [4.78, 5) is 12.0. The molecule has 0 rings (SSSR count). The van der Waals surface area contributed by atoms with Crippen LogP contribution in [0.15, 0.2) is 12.2 Å². The van der Waals surface area contributed by atoms with Gasteiger partial charge in [-0.3, -0.25) is 4.79 Å². The molecule has 3 heteroatoms. The van der Waals surface area contributed by atoms with E-state index < -0.39 is 5.91 Å². The molecule has 0 radical (unpaired) electrons. The molecule has 0 aliphatic carbocycles. The van der Waals surface area contributed by atoms with Crippen molar-refractivity contribution in [1.29, 1.82) is 0 Å². The maximum Gasteiger partial charge on any atom is 0.243 e. The maximum atomic E-state index is 9.82. The van der Waals surface area contributed by atoms with E-state index in [9.17, 15) is 4.79 Å². The maximum absolute atomic E-state index is 9.82. The molecule has 0 aromatic carbocycles. The second-order valence-corrected chi connectivity index (χ2v) is 2.95. The lowest BCUT2D eigenvalue weighted by Crippen LogP contribution is -2.11. The first kappa shape index (κ1) is 18.9. The second-order valence-electron chi connectivity index (χ2n) is 2.95. The molecule has 0 saturated heterocycles. The zero-order chi connectivity index (χ0) is 12.1. The number of rotatable bonds is 3. The summed E-state index contributed by atoms with van der Waals surface area (Å²) in [6.45, 7) is 12.2. The highest BCUT2D eigenvalue weighted by Crippen LogP contribution is 1.78. The number of primary amides is 1. The van der Waals surface area contributed by atoms with Gasteiger partial charge in [0.05, 0.1) is 0 Å². The first-order valence-corrected chi connectivity index (χ1v) is 5.01. The topological polar surface area (TPSA) is 46.3 Å². The fourth-order valence-electron chi connectivity index (χ4n) is 0.447. The molecular weight excluding hydrogens is 176 g/mol. The molecule has 0 atom stereocenters. The Balaban J connectivity index is -0.000000147. The van der Waals surface area contributed by atoms with E-state index in [1.165, 1.54) is 13.0 Å². The quantitative estimate of drug-likeness (QED) is 0.712. The average Bonchev–Trinajstić information content (AvgIpc) is 2.08. The smallest absolute Gasteiger partial charge is 0.243 e. The molecule has 0 aliphatic heterocycles. The van der Waals surface area contributed by atoms with Crippen molar-refractivity contribution in [2.45, 2.75) is 34.1 Å². The zero-order valence-corrected chi connectivity index (χ0v) is 10.6. The van der Waals surface area contributed by atoms with Crippen molar-refractivity contribution < 1.29 is 4.79 Å². The van der Waals surface area contributed by atoms with E-state index in [4.69, 9.17) is 5.73 Å². The highest BCUT2D eigenvalue weighted by atomic mass is 16.1. The molecule has 2 N–H and O–H groups in total. The Hall–Kier alpha value is -0.830. The molecule has 14 heavy (non-hydrogen) atoms. The fraction of sp³-hybridized carbons (Fsp3) is 0.727. The third kappa shape index (κ3) is 30.3. The van der Waals surface area contributed by atoms with Crippen LogP contribution in [0, 0.1) is 0 Å². The molecule has 0 unspecified atom stereocenters. The lowest BCUT2D eigenvalue weighted by molar-refractivity contribution is -0.114. The van der Waals surface area contributed by atoms with Crippen LogP contribution in [-0.4, -0.2) is 31.4 Å². The minimum absolute atomic E-state index is 0.398. The molecule has 0 bridgehead atoms. The lowest BCUT2D eigenvalue weighted by Gasteiger charge is -2.03. The van der Waals surface area contributed by atoms with Crippen LogP contribution in [0.4, 0.5) is 0 Å². The Labute approximate surface area is 89.0 Å².